The zero-order valence-corrected chi connectivity index (χ0v) is 17.0. The maximum atomic E-state index is 12.9. The first-order valence-corrected chi connectivity index (χ1v) is 9.03. The summed E-state index contributed by atoms with van der Waals surface area (Å²) in [6, 6.07) is 13.7. The first kappa shape index (κ1) is 20.9. The Morgan fingerprint density at radius 3 is 2.74 bits per heavy atom. The van der Waals surface area contributed by atoms with Gasteiger partial charge in [0.25, 0.3) is 0 Å². The molecule has 0 spiro atoms. The number of hydrogen-bond donors (Lipinski definition) is 1. The molecular weight excluding hydrogens is 362 g/mol. The standard InChI is InChI=1S/C21H27N3O2.ClH/c1-15(16-8-4-5-12-20(16)26-3)23(2)21(25)14-24-13-7-9-17-18(22)10-6-11-19(17)24;/h4-6,8,10-12,15H,7,9,13-14,22H2,1-3H3;1H. The first-order valence-electron chi connectivity index (χ1n) is 9.03. The van der Waals surface area contributed by atoms with Crippen LogP contribution in [0.25, 0.3) is 0 Å². The Morgan fingerprint density at radius 2 is 2.00 bits per heavy atom. The van der Waals surface area contributed by atoms with Gasteiger partial charge in [-0.1, -0.05) is 24.3 Å². The summed E-state index contributed by atoms with van der Waals surface area (Å²) in [6.07, 6.45) is 1.99. The molecule has 0 radical (unpaired) electrons. The average Bonchev–Trinajstić information content (AvgIpc) is 2.67. The van der Waals surface area contributed by atoms with Gasteiger partial charge in [0.1, 0.15) is 5.75 Å². The molecule has 0 saturated heterocycles. The van der Waals surface area contributed by atoms with E-state index >= 15 is 0 Å². The lowest BCUT2D eigenvalue weighted by Crippen LogP contribution is -2.41. The lowest BCUT2D eigenvalue weighted by Gasteiger charge is -2.34. The molecule has 1 aliphatic heterocycles. The Balaban J connectivity index is 0.00000261. The zero-order valence-electron chi connectivity index (χ0n) is 16.1. The second kappa shape index (κ2) is 9.00. The summed E-state index contributed by atoms with van der Waals surface area (Å²) < 4.78 is 5.44. The number of ether oxygens (including phenoxy) is 1. The minimum Gasteiger partial charge on any atom is -0.496 e. The van der Waals surface area contributed by atoms with Gasteiger partial charge in [0.2, 0.25) is 5.91 Å². The van der Waals surface area contributed by atoms with Gasteiger partial charge in [-0.15, -0.1) is 12.4 Å². The fourth-order valence-electron chi connectivity index (χ4n) is 3.60. The van der Waals surface area contributed by atoms with Crippen molar-refractivity contribution in [3.8, 4) is 5.75 Å². The van der Waals surface area contributed by atoms with Crippen LogP contribution in [0, 0.1) is 0 Å². The van der Waals surface area contributed by atoms with Gasteiger partial charge in [-0.25, -0.2) is 0 Å². The fraction of sp³-hybridized carbons (Fsp3) is 0.381. The van der Waals surface area contributed by atoms with Crippen molar-refractivity contribution < 1.29 is 9.53 Å². The van der Waals surface area contributed by atoms with Crippen LogP contribution in [0.5, 0.6) is 5.75 Å². The van der Waals surface area contributed by atoms with Crippen molar-refractivity contribution in [3.63, 3.8) is 0 Å². The molecule has 5 nitrogen and oxygen atoms in total. The van der Waals surface area contributed by atoms with Crippen LogP contribution in [0.2, 0.25) is 0 Å². The largest absolute Gasteiger partial charge is 0.496 e. The SMILES string of the molecule is COc1ccccc1C(C)N(C)C(=O)CN1CCCc2c(N)cccc21.Cl. The number of benzene rings is 2. The van der Waals surface area contributed by atoms with Crippen LogP contribution in [-0.4, -0.2) is 38.1 Å². The second-order valence-corrected chi connectivity index (χ2v) is 6.79. The third kappa shape index (κ3) is 4.30. The molecule has 6 heteroatoms. The van der Waals surface area contributed by atoms with Crippen LogP contribution in [-0.2, 0) is 11.2 Å². The molecule has 0 aromatic heterocycles. The van der Waals surface area contributed by atoms with Crippen molar-refractivity contribution in [2.24, 2.45) is 0 Å². The molecule has 27 heavy (non-hydrogen) atoms. The normalized spacial score (nSPS) is 14.0. The minimum absolute atomic E-state index is 0. The van der Waals surface area contributed by atoms with Crippen LogP contribution in [0.4, 0.5) is 11.4 Å². The number of nitrogen functional groups attached to an aromatic ring is 1. The first-order chi connectivity index (χ1) is 12.5. The van der Waals surface area contributed by atoms with Gasteiger partial charge in [0.15, 0.2) is 0 Å². The number of nitrogens with zero attached hydrogens (tertiary/aromatic N) is 2. The Kier molecular flexibility index (Phi) is 6.97. The third-order valence-corrected chi connectivity index (χ3v) is 5.27. The molecule has 3 rings (SSSR count). The van der Waals surface area contributed by atoms with Crippen molar-refractivity contribution in [2.45, 2.75) is 25.8 Å². The highest BCUT2D eigenvalue weighted by Gasteiger charge is 2.25. The molecule has 2 N–H and O–H groups in total. The summed E-state index contributed by atoms with van der Waals surface area (Å²) >= 11 is 0. The van der Waals surface area contributed by atoms with Crippen LogP contribution < -0.4 is 15.4 Å². The quantitative estimate of drug-likeness (QED) is 0.792. The molecule has 1 atom stereocenters. The maximum absolute atomic E-state index is 12.9. The van der Waals surface area contributed by atoms with E-state index in [0.717, 1.165) is 47.6 Å². The molecule has 0 aliphatic carbocycles. The number of carbonyl (C=O) groups is 1. The van der Waals surface area contributed by atoms with E-state index in [0.29, 0.717) is 6.54 Å². The average molecular weight is 390 g/mol. The molecule has 1 amide bonds. The van der Waals surface area contributed by atoms with Gasteiger partial charge >= 0.3 is 0 Å². The number of likely N-dealkylation sites (N-methyl/N-ethyl adjacent to an activating group) is 1. The topological polar surface area (TPSA) is 58.8 Å². The van der Waals surface area contributed by atoms with Gasteiger partial charge in [0.05, 0.1) is 19.7 Å². The number of para-hydroxylation sites is 1. The van der Waals surface area contributed by atoms with Crippen molar-refractivity contribution in [3.05, 3.63) is 53.6 Å². The number of rotatable bonds is 5. The number of amides is 1. The lowest BCUT2D eigenvalue weighted by molar-refractivity contribution is -0.130. The van der Waals surface area contributed by atoms with Crippen LogP contribution in [0.3, 0.4) is 0 Å². The molecule has 0 bridgehead atoms. The molecule has 2 aromatic carbocycles. The van der Waals surface area contributed by atoms with Gasteiger partial charge in [0, 0.05) is 30.5 Å². The number of fused-ring (bicyclic) bond motifs is 1. The summed E-state index contributed by atoms with van der Waals surface area (Å²) in [6.45, 7) is 3.25. The van der Waals surface area contributed by atoms with Crippen LogP contribution >= 0.6 is 12.4 Å². The second-order valence-electron chi connectivity index (χ2n) is 6.79. The number of anilines is 2. The Hall–Kier alpha value is -2.40. The van der Waals surface area contributed by atoms with Crippen molar-refractivity contribution >= 4 is 29.7 Å². The number of nitrogens with two attached hydrogens (primary N) is 1. The highest BCUT2D eigenvalue weighted by atomic mass is 35.5. The molecule has 2 aromatic rings. The van der Waals surface area contributed by atoms with E-state index < -0.39 is 0 Å². The zero-order chi connectivity index (χ0) is 18.7. The predicted molar refractivity (Wildman–Crippen MR) is 113 cm³/mol. The van der Waals surface area contributed by atoms with Crippen molar-refractivity contribution in [1.29, 1.82) is 0 Å². The van der Waals surface area contributed by atoms with E-state index in [1.807, 2.05) is 50.4 Å². The highest BCUT2D eigenvalue weighted by molar-refractivity contribution is 5.85. The Bertz CT molecular complexity index is 797. The number of carbonyl (C=O) groups excluding carboxylic acids is 1. The molecule has 0 fully saturated rings. The van der Waals surface area contributed by atoms with Gasteiger partial charge in [-0.2, -0.15) is 0 Å². The summed E-state index contributed by atoms with van der Waals surface area (Å²) in [5.74, 6) is 0.884. The number of halogens is 1. The Morgan fingerprint density at radius 1 is 1.26 bits per heavy atom. The van der Waals surface area contributed by atoms with E-state index in [2.05, 4.69) is 11.0 Å². The number of hydrogen-bond acceptors (Lipinski definition) is 4. The van der Waals surface area contributed by atoms with Crippen LogP contribution in [0.1, 0.15) is 30.5 Å². The van der Waals surface area contributed by atoms with E-state index in [1.54, 1.807) is 12.0 Å². The fourth-order valence-corrected chi connectivity index (χ4v) is 3.60. The Labute approximate surface area is 167 Å². The minimum atomic E-state index is -0.0660. The van der Waals surface area contributed by atoms with E-state index in [-0.39, 0.29) is 24.4 Å². The monoisotopic (exact) mass is 389 g/mol. The van der Waals surface area contributed by atoms with E-state index in [1.165, 1.54) is 0 Å². The molecular formula is C21H28ClN3O2. The molecule has 1 heterocycles. The van der Waals surface area contributed by atoms with E-state index in [9.17, 15) is 4.79 Å². The van der Waals surface area contributed by atoms with Gasteiger partial charge < -0.3 is 20.3 Å². The molecule has 0 saturated carbocycles. The summed E-state index contributed by atoms with van der Waals surface area (Å²) in [5.41, 5.74) is 10.2. The molecule has 146 valence electrons. The smallest absolute Gasteiger partial charge is 0.242 e. The predicted octanol–water partition coefficient (Wildman–Crippen LogP) is 3.67. The molecule has 1 aliphatic rings. The van der Waals surface area contributed by atoms with Crippen LogP contribution in [0.15, 0.2) is 42.5 Å². The summed E-state index contributed by atoms with van der Waals surface area (Å²) in [5, 5.41) is 0. The highest BCUT2D eigenvalue weighted by Crippen LogP contribution is 2.32. The van der Waals surface area contributed by atoms with Gasteiger partial charge in [-0.3, -0.25) is 4.79 Å². The maximum Gasteiger partial charge on any atom is 0.242 e. The van der Waals surface area contributed by atoms with Gasteiger partial charge in [-0.05, 0) is 43.5 Å². The van der Waals surface area contributed by atoms with E-state index in [4.69, 9.17) is 10.5 Å². The summed E-state index contributed by atoms with van der Waals surface area (Å²) in [4.78, 5) is 16.9. The summed E-state index contributed by atoms with van der Waals surface area (Å²) in [7, 11) is 3.51. The van der Waals surface area contributed by atoms with Crippen molar-refractivity contribution in [1.82, 2.24) is 4.90 Å². The van der Waals surface area contributed by atoms with Crippen molar-refractivity contribution in [2.75, 3.05) is 37.9 Å². The third-order valence-electron chi connectivity index (χ3n) is 5.27. The number of methoxy groups -OCH3 is 1. The molecule has 1 unspecified atom stereocenters. The lowest BCUT2D eigenvalue weighted by atomic mass is 10.00.